The van der Waals surface area contributed by atoms with E-state index in [2.05, 4.69) is 19.7 Å². The summed E-state index contributed by atoms with van der Waals surface area (Å²) >= 11 is -1.56. The van der Waals surface area contributed by atoms with Crippen molar-refractivity contribution in [3.63, 3.8) is 0 Å². The summed E-state index contributed by atoms with van der Waals surface area (Å²) in [5.41, 5.74) is 1.38. The van der Waals surface area contributed by atoms with Crippen LogP contribution in [0.3, 0.4) is 0 Å². The number of alkyl halides is 2. The monoisotopic (exact) mass is 424 g/mol. The van der Waals surface area contributed by atoms with Crippen LogP contribution in [0.5, 0.6) is 17.2 Å². The van der Waals surface area contributed by atoms with Crippen molar-refractivity contribution >= 4 is 51.8 Å². The first-order chi connectivity index (χ1) is 12.5. The van der Waals surface area contributed by atoms with Gasteiger partial charge in [0.25, 0.3) is 0 Å². The normalized spacial score (nSPS) is 11.5. The molecule has 2 aromatic heterocycles. The summed E-state index contributed by atoms with van der Waals surface area (Å²) < 4.78 is 52.1. The molecular formula is C16H17F2N3NaO5S. The van der Waals surface area contributed by atoms with Crippen molar-refractivity contribution in [3.05, 3.63) is 36.2 Å². The topological polar surface area (TPSA) is 124 Å². The predicted molar refractivity (Wildman–Crippen MR) is 99.5 cm³/mol. The molecule has 0 aliphatic carbocycles. The molecule has 147 valence electrons. The third kappa shape index (κ3) is 5.46. The van der Waals surface area contributed by atoms with Gasteiger partial charge in [-0.05, 0) is 12.1 Å². The fourth-order valence-corrected chi connectivity index (χ4v) is 3.41. The minimum atomic E-state index is -2.92. The van der Waals surface area contributed by atoms with Crippen molar-refractivity contribution in [2.75, 3.05) is 14.2 Å². The van der Waals surface area contributed by atoms with Gasteiger partial charge in [-0.25, -0.2) is 0 Å². The second-order valence-electron chi connectivity index (χ2n) is 5.08. The molecule has 3 rings (SSSR count). The molecule has 0 fully saturated rings. The number of benzene rings is 1. The van der Waals surface area contributed by atoms with Gasteiger partial charge < -0.3 is 24.2 Å². The van der Waals surface area contributed by atoms with Gasteiger partial charge in [-0.2, -0.15) is 13.8 Å². The number of aromatic nitrogens is 3. The Balaban J connectivity index is 0.00000196. The van der Waals surface area contributed by atoms with Crippen molar-refractivity contribution < 1.29 is 33.0 Å². The minimum Gasteiger partial charge on any atom is -0.609 e. The number of halogens is 2. The SMILES string of the molecule is COc1ccnc(C[S+]([O-])c2nc3cc(OC(F)F)ccc3[nH]2)c1OC.O.[Na]. The summed E-state index contributed by atoms with van der Waals surface area (Å²) in [6.45, 7) is -2.92. The first kappa shape index (κ1) is 24.4. The van der Waals surface area contributed by atoms with E-state index >= 15 is 0 Å². The van der Waals surface area contributed by atoms with E-state index in [1.807, 2.05) is 0 Å². The second-order valence-corrected chi connectivity index (χ2v) is 6.45. The van der Waals surface area contributed by atoms with Gasteiger partial charge in [0.2, 0.25) is 0 Å². The fourth-order valence-electron chi connectivity index (χ4n) is 2.39. The summed E-state index contributed by atoms with van der Waals surface area (Å²) in [5.74, 6) is 0.896. The molecule has 0 aliphatic heterocycles. The number of ether oxygens (including phenoxy) is 3. The molecule has 0 aliphatic rings. The van der Waals surface area contributed by atoms with Gasteiger partial charge in [0.15, 0.2) is 17.3 Å². The van der Waals surface area contributed by atoms with Gasteiger partial charge in [-0.3, -0.25) is 9.97 Å². The summed E-state index contributed by atoms with van der Waals surface area (Å²) in [6, 6.07) is 5.90. The Morgan fingerprint density at radius 3 is 2.61 bits per heavy atom. The van der Waals surface area contributed by atoms with Crippen molar-refractivity contribution in [2.24, 2.45) is 0 Å². The van der Waals surface area contributed by atoms with Crippen LogP contribution >= 0.6 is 0 Å². The van der Waals surface area contributed by atoms with Crippen LogP contribution in [0.15, 0.2) is 35.6 Å². The zero-order valence-electron chi connectivity index (χ0n) is 15.4. The minimum absolute atomic E-state index is 0. The van der Waals surface area contributed by atoms with Gasteiger partial charge in [0, 0.05) is 59.1 Å². The molecule has 1 radical (unpaired) electrons. The third-order valence-corrected chi connectivity index (χ3v) is 4.67. The predicted octanol–water partition coefficient (Wildman–Crippen LogP) is 1.68. The number of aromatic amines is 1. The number of H-pyrrole nitrogens is 1. The summed E-state index contributed by atoms with van der Waals surface area (Å²) in [6.07, 6.45) is 1.53. The molecule has 12 heteroatoms. The number of pyridine rings is 1. The van der Waals surface area contributed by atoms with Crippen molar-refractivity contribution in [2.45, 2.75) is 17.5 Å². The summed E-state index contributed by atoms with van der Waals surface area (Å²) in [5, 5.41) is 0.195. The maximum absolute atomic E-state index is 12.6. The van der Waals surface area contributed by atoms with E-state index in [1.54, 1.807) is 6.07 Å². The average molecular weight is 424 g/mol. The van der Waals surface area contributed by atoms with E-state index in [0.717, 1.165) is 0 Å². The number of hydrogen-bond acceptors (Lipinski definition) is 6. The first-order valence-electron chi connectivity index (χ1n) is 7.40. The second kappa shape index (κ2) is 10.8. The van der Waals surface area contributed by atoms with Crippen molar-refractivity contribution in [3.8, 4) is 17.2 Å². The van der Waals surface area contributed by atoms with Gasteiger partial charge in [-0.15, -0.1) is 0 Å². The molecule has 0 amide bonds. The molecule has 0 saturated heterocycles. The molecule has 8 nitrogen and oxygen atoms in total. The number of fused-ring (bicyclic) bond motifs is 1. The van der Waals surface area contributed by atoms with Gasteiger partial charge in [0.05, 0.1) is 25.3 Å². The molecule has 1 unspecified atom stereocenters. The molecular weight excluding hydrogens is 407 g/mol. The zero-order valence-corrected chi connectivity index (χ0v) is 18.2. The number of hydrogen-bond donors (Lipinski definition) is 1. The Morgan fingerprint density at radius 1 is 1.21 bits per heavy atom. The molecule has 2 heterocycles. The zero-order chi connectivity index (χ0) is 18.7. The number of imidazole rings is 1. The summed E-state index contributed by atoms with van der Waals surface area (Å²) in [7, 11) is 2.97. The van der Waals surface area contributed by atoms with Crippen LogP contribution in [-0.4, -0.2) is 75.4 Å². The molecule has 1 atom stereocenters. The van der Waals surface area contributed by atoms with E-state index in [-0.39, 0.29) is 51.7 Å². The van der Waals surface area contributed by atoms with Crippen LogP contribution in [0.4, 0.5) is 8.78 Å². The van der Waals surface area contributed by atoms with E-state index in [9.17, 15) is 13.3 Å². The molecule has 1 aromatic carbocycles. The number of nitrogens with zero attached hydrogens (tertiary/aromatic N) is 2. The van der Waals surface area contributed by atoms with Crippen molar-refractivity contribution in [1.29, 1.82) is 0 Å². The molecule has 0 saturated carbocycles. The van der Waals surface area contributed by atoms with E-state index in [1.165, 1.54) is 38.6 Å². The number of nitrogens with one attached hydrogen (secondary N) is 1. The smallest absolute Gasteiger partial charge is 0.387 e. The fraction of sp³-hybridized carbons (Fsp3) is 0.250. The first-order valence-corrected chi connectivity index (χ1v) is 8.72. The van der Waals surface area contributed by atoms with Crippen LogP contribution in [0.1, 0.15) is 5.69 Å². The molecule has 3 aromatic rings. The molecule has 0 spiro atoms. The van der Waals surface area contributed by atoms with Gasteiger partial charge in [0.1, 0.15) is 11.4 Å². The average Bonchev–Trinajstić information content (AvgIpc) is 3.04. The Labute approximate surface area is 184 Å². The molecule has 0 bridgehead atoms. The van der Waals surface area contributed by atoms with Crippen LogP contribution in [0.2, 0.25) is 0 Å². The van der Waals surface area contributed by atoms with Crippen LogP contribution in [0, 0.1) is 0 Å². The number of rotatable bonds is 7. The molecule has 3 N–H and O–H groups in total. The van der Waals surface area contributed by atoms with Gasteiger partial charge in [-0.1, -0.05) is 0 Å². The quantitative estimate of drug-likeness (QED) is 0.455. The Hall–Kier alpha value is -1.63. The van der Waals surface area contributed by atoms with Crippen LogP contribution in [-0.2, 0) is 16.9 Å². The Bertz CT molecular complexity index is 915. The Kier molecular flexibility index (Phi) is 9.40. The largest absolute Gasteiger partial charge is 0.609 e. The van der Waals surface area contributed by atoms with Crippen LogP contribution < -0.4 is 14.2 Å². The van der Waals surface area contributed by atoms with Crippen LogP contribution in [0.25, 0.3) is 11.0 Å². The van der Waals surface area contributed by atoms with Crippen molar-refractivity contribution in [1.82, 2.24) is 15.0 Å². The Morgan fingerprint density at radius 2 is 1.96 bits per heavy atom. The third-order valence-electron chi connectivity index (χ3n) is 3.51. The van der Waals surface area contributed by atoms with E-state index in [0.29, 0.717) is 28.2 Å². The maximum atomic E-state index is 12.6. The van der Waals surface area contributed by atoms with E-state index < -0.39 is 17.8 Å². The molecule has 28 heavy (non-hydrogen) atoms. The maximum Gasteiger partial charge on any atom is 0.387 e. The van der Waals surface area contributed by atoms with E-state index in [4.69, 9.17) is 9.47 Å². The van der Waals surface area contributed by atoms with Gasteiger partial charge >= 0.3 is 11.8 Å². The summed E-state index contributed by atoms with van der Waals surface area (Å²) in [4.78, 5) is 11.3. The number of methoxy groups -OCH3 is 2. The standard InChI is InChI=1S/C16H15F2N3O4S.Na.H2O/c1-23-13-5-6-19-12(14(13)24-2)8-26(22)16-20-10-4-3-9(25-15(17)18)7-11(10)21-16;;/h3-7,15H,8H2,1-2H3,(H,20,21);;1H2.